The fourth-order valence-electron chi connectivity index (χ4n) is 9.57. The third-order valence-electron chi connectivity index (χ3n) is 14.5. The van der Waals surface area contributed by atoms with Gasteiger partial charge in [-0.05, 0) is 103 Å². The highest BCUT2D eigenvalue weighted by Gasteiger charge is 2.19. The van der Waals surface area contributed by atoms with E-state index in [0.717, 1.165) is 89.9 Å². The monoisotopic (exact) mass is 1050 g/mol. The molecule has 0 bridgehead atoms. The summed E-state index contributed by atoms with van der Waals surface area (Å²) < 4.78 is 16.9. The van der Waals surface area contributed by atoms with Gasteiger partial charge in [-0.15, -0.1) is 0 Å². The van der Waals surface area contributed by atoms with Gasteiger partial charge in [-0.25, -0.2) is 0 Å². The molecule has 0 amide bonds. The van der Waals surface area contributed by atoms with Crippen LogP contribution in [-0.2, 0) is 28.6 Å². The predicted octanol–water partition coefficient (Wildman–Crippen LogP) is 22.3. The van der Waals surface area contributed by atoms with Gasteiger partial charge in [0.2, 0.25) is 0 Å². The lowest BCUT2D eigenvalue weighted by Crippen LogP contribution is -2.30. The molecule has 0 aliphatic rings. The van der Waals surface area contributed by atoms with Gasteiger partial charge in [0.15, 0.2) is 6.10 Å². The van der Waals surface area contributed by atoms with Gasteiger partial charge in [-0.2, -0.15) is 0 Å². The number of allylic oxidation sites excluding steroid dienone is 10. The van der Waals surface area contributed by atoms with Crippen LogP contribution in [0.1, 0.15) is 342 Å². The molecule has 0 saturated heterocycles. The zero-order valence-electron chi connectivity index (χ0n) is 50.1. The fourth-order valence-corrected chi connectivity index (χ4v) is 9.57. The summed E-state index contributed by atoms with van der Waals surface area (Å²) in [6.07, 6.45) is 81.0. The molecule has 0 aromatic rings. The quantitative estimate of drug-likeness (QED) is 0.0261. The van der Waals surface area contributed by atoms with Gasteiger partial charge < -0.3 is 14.2 Å². The Morgan fingerprint density at radius 2 is 0.520 bits per heavy atom. The third-order valence-corrected chi connectivity index (χ3v) is 14.5. The summed E-state index contributed by atoms with van der Waals surface area (Å²) in [7, 11) is 0. The molecule has 1 atom stereocenters. The highest BCUT2D eigenvalue weighted by molar-refractivity contribution is 5.71. The van der Waals surface area contributed by atoms with Crippen LogP contribution in [0.4, 0.5) is 0 Å². The van der Waals surface area contributed by atoms with E-state index in [1.54, 1.807) is 0 Å². The lowest BCUT2D eigenvalue weighted by molar-refractivity contribution is -0.167. The maximum absolute atomic E-state index is 12.9. The summed E-state index contributed by atoms with van der Waals surface area (Å²) >= 11 is 0. The summed E-state index contributed by atoms with van der Waals surface area (Å²) in [6, 6.07) is 0. The number of ether oxygens (including phenoxy) is 3. The van der Waals surface area contributed by atoms with Crippen molar-refractivity contribution in [2.45, 2.75) is 348 Å². The first-order chi connectivity index (χ1) is 37.0. The summed E-state index contributed by atoms with van der Waals surface area (Å²) in [5.41, 5.74) is 0. The lowest BCUT2D eigenvalue weighted by atomic mass is 10.0. The molecule has 0 aromatic heterocycles. The van der Waals surface area contributed by atoms with Gasteiger partial charge in [0.25, 0.3) is 0 Å². The number of esters is 3. The maximum Gasteiger partial charge on any atom is 0.306 e. The molecule has 75 heavy (non-hydrogen) atoms. The van der Waals surface area contributed by atoms with Crippen LogP contribution < -0.4 is 0 Å². The molecule has 0 aromatic carbocycles. The minimum Gasteiger partial charge on any atom is -0.462 e. The highest BCUT2D eigenvalue weighted by Crippen LogP contribution is 2.17. The average molecular weight is 1050 g/mol. The summed E-state index contributed by atoms with van der Waals surface area (Å²) in [4.78, 5) is 38.3. The second kappa shape index (κ2) is 63.6. The van der Waals surface area contributed by atoms with Crippen molar-refractivity contribution in [3.05, 3.63) is 60.8 Å². The highest BCUT2D eigenvalue weighted by atomic mass is 16.6. The first-order valence-corrected chi connectivity index (χ1v) is 32.8. The molecule has 1 unspecified atom stereocenters. The van der Waals surface area contributed by atoms with Crippen molar-refractivity contribution in [1.82, 2.24) is 0 Å². The number of unbranched alkanes of at least 4 members (excludes halogenated alkanes) is 39. The number of carbonyl (C=O) groups is 3. The molecular formula is C69H124O6. The number of hydrogen-bond acceptors (Lipinski definition) is 6. The van der Waals surface area contributed by atoms with Gasteiger partial charge >= 0.3 is 17.9 Å². The van der Waals surface area contributed by atoms with E-state index in [4.69, 9.17) is 14.2 Å². The number of rotatable bonds is 60. The normalized spacial score (nSPS) is 12.4. The average Bonchev–Trinajstić information content (AvgIpc) is 3.41. The Bertz CT molecular complexity index is 1340. The van der Waals surface area contributed by atoms with E-state index in [9.17, 15) is 14.4 Å². The van der Waals surface area contributed by atoms with E-state index in [2.05, 4.69) is 81.5 Å². The Morgan fingerprint density at radius 3 is 0.840 bits per heavy atom. The SMILES string of the molecule is CC/C=C\C/C=C\C/C=C\CCCCCCCCCC(=O)OC(COC(=O)CCCCCCC/C=C\CCCCCC)COC(=O)CCCCCCCCCCCCCCCCC/C=C\CCCCCCCCCC. The largest absolute Gasteiger partial charge is 0.462 e. The van der Waals surface area contributed by atoms with Crippen molar-refractivity contribution in [2.75, 3.05) is 13.2 Å². The molecule has 0 spiro atoms. The molecule has 0 heterocycles. The molecule has 6 heteroatoms. The van der Waals surface area contributed by atoms with Crippen molar-refractivity contribution in [2.24, 2.45) is 0 Å². The molecule has 0 N–H and O–H groups in total. The van der Waals surface area contributed by atoms with Crippen LogP contribution in [-0.4, -0.2) is 37.2 Å². The minimum absolute atomic E-state index is 0.0785. The van der Waals surface area contributed by atoms with Crippen molar-refractivity contribution >= 4 is 17.9 Å². The van der Waals surface area contributed by atoms with E-state index < -0.39 is 6.10 Å². The number of hydrogen-bond donors (Lipinski definition) is 0. The second-order valence-corrected chi connectivity index (χ2v) is 22.0. The van der Waals surface area contributed by atoms with Crippen LogP contribution >= 0.6 is 0 Å². The van der Waals surface area contributed by atoms with Gasteiger partial charge in [0.05, 0.1) is 0 Å². The van der Waals surface area contributed by atoms with Gasteiger partial charge in [0, 0.05) is 19.3 Å². The predicted molar refractivity (Wildman–Crippen MR) is 325 cm³/mol. The molecule has 0 rings (SSSR count). The minimum atomic E-state index is -0.783. The molecular weight excluding hydrogens is 925 g/mol. The summed E-state index contributed by atoms with van der Waals surface area (Å²) in [6.45, 7) is 6.54. The zero-order chi connectivity index (χ0) is 54.3. The van der Waals surface area contributed by atoms with Crippen molar-refractivity contribution < 1.29 is 28.6 Å². The van der Waals surface area contributed by atoms with Gasteiger partial charge in [-0.1, -0.05) is 281 Å². The zero-order valence-corrected chi connectivity index (χ0v) is 50.1. The molecule has 6 nitrogen and oxygen atoms in total. The molecule has 0 radical (unpaired) electrons. The van der Waals surface area contributed by atoms with Crippen LogP contribution in [0.25, 0.3) is 0 Å². The Morgan fingerprint density at radius 1 is 0.280 bits per heavy atom. The van der Waals surface area contributed by atoms with E-state index in [1.165, 1.54) is 212 Å². The Hall–Kier alpha value is -2.89. The van der Waals surface area contributed by atoms with Crippen molar-refractivity contribution in [3.8, 4) is 0 Å². The Kier molecular flexibility index (Phi) is 61.2. The lowest BCUT2D eigenvalue weighted by Gasteiger charge is -2.18. The molecule has 0 fully saturated rings. The fraction of sp³-hybridized carbons (Fsp3) is 0.812. The van der Waals surface area contributed by atoms with Crippen LogP contribution in [0, 0.1) is 0 Å². The standard InChI is InChI=1S/C69H124O6/c1-4-7-10-13-16-19-22-25-27-29-30-31-32-33-34-35-36-37-38-40-41-44-47-50-53-56-59-62-68(71)74-65-66(64-73-67(70)61-58-55-52-49-46-43-24-21-18-15-12-9-6-3)75-69(72)63-60-57-54-51-48-45-42-39-28-26-23-20-17-14-11-8-5-2/h8,11,17,20-21,24,26,28-30,66H,4-7,9-10,12-16,18-19,22-23,25,27,31-65H2,1-3H3/b11-8-,20-17-,24-21-,28-26-,30-29-. The maximum atomic E-state index is 12.9. The van der Waals surface area contributed by atoms with Gasteiger partial charge in [-0.3, -0.25) is 14.4 Å². The smallest absolute Gasteiger partial charge is 0.306 e. The van der Waals surface area contributed by atoms with E-state index in [-0.39, 0.29) is 31.1 Å². The van der Waals surface area contributed by atoms with E-state index >= 15 is 0 Å². The first kappa shape index (κ1) is 72.1. The van der Waals surface area contributed by atoms with E-state index in [0.29, 0.717) is 19.3 Å². The van der Waals surface area contributed by atoms with Crippen LogP contribution in [0.15, 0.2) is 60.8 Å². The second-order valence-electron chi connectivity index (χ2n) is 22.0. The third kappa shape index (κ3) is 61.8. The van der Waals surface area contributed by atoms with Crippen molar-refractivity contribution in [3.63, 3.8) is 0 Å². The van der Waals surface area contributed by atoms with Crippen LogP contribution in [0.5, 0.6) is 0 Å². The molecule has 436 valence electrons. The van der Waals surface area contributed by atoms with Crippen LogP contribution in [0.3, 0.4) is 0 Å². The van der Waals surface area contributed by atoms with Crippen molar-refractivity contribution in [1.29, 1.82) is 0 Å². The number of carbonyl (C=O) groups excluding carboxylic acids is 3. The van der Waals surface area contributed by atoms with Crippen LogP contribution in [0.2, 0.25) is 0 Å². The van der Waals surface area contributed by atoms with E-state index in [1.807, 2.05) is 0 Å². The topological polar surface area (TPSA) is 78.9 Å². The Balaban J connectivity index is 4.23. The van der Waals surface area contributed by atoms with Gasteiger partial charge in [0.1, 0.15) is 13.2 Å². The molecule has 0 saturated carbocycles. The Labute approximate surface area is 466 Å². The first-order valence-electron chi connectivity index (χ1n) is 32.8. The summed E-state index contributed by atoms with van der Waals surface area (Å²) in [5.74, 6) is -0.881. The molecule has 0 aliphatic heterocycles. The summed E-state index contributed by atoms with van der Waals surface area (Å²) in [5, 5.41) is 0. The molecule has 0 aliphatic carbocycles.